The zero-order valence-corrected chi connectivity index (χ0v) is 14.1. The van der Waals surface area contributed by atoms with Gasteiger partial charge in [-0.05, 0) is 50.5 Å². The van der Waals surface area contributed by atoms with Crippen LogP contribution < -0.4 is 0 Å². The third-order valence-electron chi connectivity index (χ3n) is 5.14. The van der Waals surface area contributed by atoms with E-state index in [9.17, 15) is 4.79 Å². The maximum absolute atomic E-state index is 11.4. The summed E-state index contributed by atoms with van der Waals surface area (Å²) in [5, 5.41) is 0. The molecule has 0 aromatic carbocycles. The van der Waals surface area contributed by atoms with Gasteiger partial charge < -0.3 is 0 Å². The SMILES string of the molecule is CC1=CC=C(C=O)C(C)(/C=C/C2=C(C)CCCC2(C)C)C1. The molecule has 2 rings (SSSR count). The van der Waals surface area contributed by atoms with Gasteiger partial charge in [0.1, 0.15) is 6.29 Å². The number of carbonyl (C=O) groups is 1. The minimum Gasteiger partial charge on any atom is -0.298 e. The van der Waals surface area contributed by atoms with E-state index in [2.05, 4.69) is 52.8 Å². The van der Waals surface area contributed by atoms with Crippen molar-refractivity contribution in [1.82, 2.24) is 0 Å². The van der Waals surface area contributed by atoms with E-state index in [4.69, 9.17) is 0 Å². The van der Waals surface area contributed by atoms with E-state index >= 15 is 0 Å². The Kier molecular flexibility index (Phi) is 4.41. The van der Waals surface area contributed by atoms with Crippen LogP contribution in [-0.2, 0) is 4.79 Å². The number of hydrogen-bond donors (Lipinski definition) is 0. The van der Waals surface area contributed by atoms with Gasteiger partial charge >= 0.3 is 0 Å². The molecule has 0 heterocycles. The molecular formula is C20H28O. The Morgan fingerprint density at radius 1 is 1.14 bits per heavy atom. The van der Waals surface area contributed by atoms with Crippen LogP contribution in [0.1, 0.15) is 60.3 Å². The molecule has 1 nitrogen and oxygen atoms in total. The van der Waals surface area contributed by atoms with Crippen molar-refractivity contribution in [1.29, 1.82) is 0 Å². The van der Waals surface area contributed by atoms with Crippen molar-refractivity contribution in [3.05, 3.63) is 46.6 Å². The van der Waals surface area contributed by atoms with Crippen LogP contribution in [0.2, 0.25) is 0 Å². The van der Waals surface area contributed by atoms with Crippen LogP contribution in [-0.4, -0.2) is 6.29 Å². The molecule has 1 unspecified atom stereocenters. The molecular weight excluding hydrogens is 256 g/mol. The van der Waals surface area contributed by atoms with Gasteiger partial charge in [0.25, 0.3) is 0 Å². The summed E-state index contributed by atoms with van der Waals surface area (Å²) in [6.07, 6.45) is 14.3. The highest BCUT2D eigenvalue weighted by Crippen LogP contribution is 2.43. The number of allylic oxidation sites excluding steroid dienone is 8. The largest absolute Gasteiger partial charge is 0.298 e. The first-order chi connectivity index (χ1) is 9.78. The van der Waals surface area contributed by atoms with Gasteiger partial charge in [-0.3, -0.25) is 4.79 Å². The molecule has 1 heteroatoms. The van der Waals surface area contributed by atoms with Crippen LogP contribution >= 0.6 is 0 Å². The van der Waals surface area contributed by atoms with Crippen LogP contribution in [0.3, 0.4) is 0 Å². The summed E-state index contributed by atoms with van der Waals surface area (Å²) < 4.78 is 0. The molecule has 114 valence electrons. The first kappa shape index (κ1) is 16.0. The summed E-state index contributed by atoms with van der Waals surface area (Å²) in [5.41, 5.74) is 5.28. The Hall–Kier alpha value is -1.37. The molecule has 21 heavy (non-hydrogen) atoms. The molecule has 0 N–H and O–H groups in total. The standard InChI is InChI=1S/C20H28O/c1-15-8-9-17(14-21)20(5,13-15)12-10-18-16(2)7-6-11-19(18,3)4/h8-10,12,14H,6-7,11,13H2,1-5H3/b12-10+. The van der Waals surface area contributed by atoms with Gasteiger partial charge in [-0.25, -0.2) is 0 Å². The third-order valence-corrected chi connectivity index (χ3v) is 5.14. The van der Waals surface area contributed by atoms with Crippen molar-refractivity contribution < 1.29 is 4.79 Å². The highest BCUT2D eigenvalue weighted by Gasteiger charge is 2.31. The second-order valence-corrected chi connectivity index (χ2v) is 7.61. The van der Waals surface area contributed by atoms with Crippen molar-refractivity contribution >= 4 is 6.29 Å². The van der Waals surface area contributed by atoms with E-state index in [1.54, 1.807) is 0 Å². The normalized spacial score (nSPS) is 29.4. The molecule has 0 fully saturated rings. The molecule has 0 radical (unpaired) electrons. The molecule has 0 aliphatic heterocycles. The van der Waals surface area contributed by atoms with E-state index in [1.165, 1.54) is 36.0 Å². The van der Waals surface area contributed by atoms with Crippen LogP contribution in [0.4, 0.5) is 0 Å². The average Bonchev–Trinajstić information content (AvgIpc) is 2.37. The van der Waals surface area contributed by atoms with Crippen molar-refractivity contribution in [2.24, 2.45) is 10.8 Å². The Labute approximate surface area is 129 Å². The van der Waals surface area contributed by atoms with E-state index in [0.717, 1.165) is 18.3 Å². The Bertz CT molecular complexity index is 554. The van der Waals surface area contributed by atoms with Gasteiger partial charge in [-0.1, -0.05) is 56.2 Å². The maximum atomic E-state index is 11.4. The molecule has 0 saturated carbocycles. The highest BCUT2D eigenvalue weighted by atomic mass is 16.1. The van der Waals surface area contributed by atoms with Gasteiger partial charge in [-0.2, -0.15) is 0 Å². The molecule has 2 aliphatic rings. The van der Waals surface area contributed by atoms with Crippen LogP contribution in [0.25, 0.3) is 0 Å². The summed E-state index contributed by atoms with van der Waals surface area (Å²) >= 11 is 0. The first-order valence-electron chi connectivity index (χ1n) is 8.01. The summed E-state index contributed by atoms with van der Waals surface area (Å²) in [7, 11) is 0. The predicted molar refractivity (Wildman–Crippen MR) is 90.1 cm³/mol. The van der Waals surface area contributed by atoms with Crippen molar-refractivity contribution in [3.63, 3.8) is 0 Å². The summed E-state index contributed by atoms with van der Waals surface area (Å²) in [5.74, 6) is 0. The van der Waals surface area contributed by atoms with Crippen molar-refractivity contribution in [3.8, 4) is 0 Å². The zero-order chi connectivity index (χ0) is 15.7. The van der Waals surface area contributed by atoms with Crippen LogP contribution in [0.15, 0.2) is 46.6 Å². The lowest BCUT2D eigenvalue weighted by molar-refractivity contribution is -0.105. The first-order valence-corrected chi connectivity index (χ1v) is 8.01. The monoisotopic (exact) mass is 284 g/mol. The Morgan fingerprint density at radius 3 is 2.48 bits per heavy atom. The molecule has 2 aliphatic carbocycles. The van der Waals surface area contributed by atoms with E-state index < -0.39 is 0 Å². The minimum absolute atomic E-state index is 0.165. The summed E-state index contributed by atoms with van der Waals surface area (Å²) in [4.78, 5) is 11.4. The number of aldehydes is 1. The van der Waals surface area contributed by atoms with Gasteiger partial charge in [0.15, 0.2) is 0 Å². The fourth-order valence-electron chi connectivity index (χ4n) is 3.77. The van der Waals surface area contributed by atoms with Gasteiger partial charge in [-0.15, -0.1) is 0 Å². The predicted octanol–water partition coefficient (Wildman–Crippen LogP) is 5.55. The van der Waals surface area contributed by atoms with Gasteiger partial charge in [0.2, 0.25) is 0 Å². The average molecular weight is 284 g/mol. The second kappa shape index (κ2) is 5.79. The van der Waals surface area contributed by atoms with E-state index in [0.29, 0.717) is 0 Å². The van der Waals surface area contributed by atoms with Crippen LogP contribution in [0.5, 0.6) is 0 Å². The maximum Gasteiger partial charge on any atom is 0.146 e. The third kappa shape index (κ3) is 3.28. The molecule has 0 saturated heterocycles. The lowest BCUT2D eigenvalue weighted by Crippen LogP contribution is -2.22. The number of rotatable bonds is 3. The summed E-state index contributed by atoms with van der Waals surface area (Å²) in [6, 6.07) is 0. The molecule has 0 aromatic heterocycles. The van der Waals surface area contributed by atoms with Crippen LogP contribution in [0, 0.1) is 10.8 Å². The second-order valence-electron chi connectivity index (χ2n) is 7.61. The topological polar surface area (TPSA) is 17.1 Å². The quantitative estimate of drug-likeness (QED) is 0.621. The molecule has 0 spiro atoms. The summed E-state index contributed by atoms with van der Waals surface area (Å²) in [6.45, 7) is 11.2. The van der Waals surface area contributed by atoms with Crippen molar-refractivity contribution in [2.45, 2.75) is 60.3 Å². The van der Waals surface area contributed by atoms with E-state index in [1.807, 2.05) is 6.08 Å². The Morgan fingerprint density at radius 2 is 1.86 bits per heavy atom. The lowest BCUT2D eigenvalue weighted by atomic mass is 9.70. The minimum atomic E-state index is -0.165. The van der Waals surface area contributed by atoms with Gasteiger partial charge in [0, 0.05) is 11.0 Å². The molecule has 0 bridgehead atoms. The fraction of sp³-hybridized carbons (Fsp3) is 0.550. The Balaban J connectivity index is 2.34. The highest BCUT2D eigenvalue weighted by molar-refractivity contribution is 5.77. The lowest BCUT2D eigenvalue weighted by Gasteiger charge is -2.35. The van der Waals surface area contributed by atoms with Gasteiger partial charge in [0.05, 0.1) is 0 Å². The molecule has 0 aromatic rings. The molecule has 0 amide bonds. The van der Waals surface area contributed by atoms with Crippen molar-refractivity contribution in [2.75, 3.05) is 0 Å². The number of hydrogen-bond acceptors (Lipinski definition) is 1. The number of carbonyl (C=O) groups excluding carboxylic acids is 1. The van der Waals surface area contributed by atoms with E-state index in [-0.39, 0.29) is 10.8 Å². The zero-order valence-electron chi connectivity index (χ0n) is 14.1. The fourth-order valence-corrected chi connectivity index (χ4v) is 3.77. The smallest absolute Gasteiger partial charge is 0.146 e. The molecule has 1 atom stereocenters.